The van der Waals surface area contributed by atoms with Gasteiger partial charge in [-0.25, -0.2) is 9.36 Å². The Kier molecular flexibility index (Phi) is 5.41. The van der Waals surface area contributed by atoms with Crippen LogP contribution in [0.5, 0.6) is 0 Å². The zero-order valence-corrected chi connectivity index (χ0v) is 17.6. The average molecular weight is 412 g/mol. The van der Waals surface area contributed by atoms with E-state index in [-0.39, 0.29) is 24.1 Å². The van der Waals surface area contributed by atoms with Crippen molar-refractivity contribution in [1.82, 2.24) is 14.0 Å². The molecule has 1 aliphatic carbocycles. The van der Waals surface area contributed by atoms with Gasteiger partial charge in [0.25, 0.3) is 5.56 Å². The van der Waals surface area contributed by atoms with Crippen molar-refractivity contribution in [3.8, 4) is 5.69 Å². The molecule has 2 heterocycles. The van der Waals surface area contributed by atoms with Crippen LogP contribution in [0.3, 0.4) is 0 Å². The molecule has 7 heteroatoms. The highest BCUT2D eigenvalue weighted by molar-refractivity contribution is 7.17. The van der Waals surface area contributed by atoms with Gasteiger partial charge >= 0.3 is 5.69 Å². The van der Waals surface area contributed by atoms with Gasteiger partial charge in [0.15, 0.2) is 0 Å². The third kappa shape index (κ3) is 3.55. The van der Waals surface area contributed by atoms with Crippen LogP contribution >= 0.6 is 11.3 Å². The Balaban J connectivity index is 1.79. The van der Waals surface area contributed by atoms with Gasteiger partial charge in [0.2, 0.25) is 5.91 Å². The van der Waals surface area contributed by atoms with Gasteiger partial charge < -0.3 is 4.90 Å². The Hall–Kier alpha value is -2.67. The van der Waals surface area contributed by atoms with E-state index in [0.717, 1.165) is 31.2 Å². The van der Waals surface area contributed by atoms with E-state index in [9.17, 15) is 14.4 Å². The zero-order valence-electron chi connectivity index (χ0n) is 16.8. The van der Waals surface area contributed by atoms with Crippen LogP contribution in [0.15, 0.2) is 45.3 Å². The van der Waals surface area contributed by atoms with Gasteiger partial charge in [0.05, 0.1) is 11.2 Å². The Labute approximate surface area is 173 Å². The lowest BCUT2D eigenvalue weighted by Gasteiger charge is -2.31. The molecule has 4 rings (SSSR count). The molecule has 0 radical (unpaired) electrons. The van der Waals surface area contributed by atoms with E-state index in [1.165, 1.54) is 26.9 Å². The quantitative estimate of drug-likeness (QED) is 0.662. The van der Waals surface area contributed by atoms with Gasteiger partial charge in [-0.05, 0) is 42.8 Å². The number of hydrogen-bond donors (Lipinski definition) is 0. The van der Waals surface area contributed by atoms with Crippen molar-refractivity contribution in [3.05, 3.63) is 62.1 Å². The number of para-hydroxylation sites is 1. The molecule has 152 valence electrons. The molecule has 0 N–H and O–H groups in total. The summed E-state index contributed by atoms with van der Waals surface area (Å²) < 4.78 is 3.13. The molecule has 1 saturated carbocycles. The van der Waals surface area contributed by atoms with Crippen LogP contribution in [-0.4, -0.2) is 33.0 Å². The molecule has 1 aliphatic rings. The number of benzene rings is 1. The van der Waals surface area contributed by atoms with Gasteiger partial charge in [-0.1, -0.05) is 37.5 Å². The molecule has 1 amide bonds. The zero-order chi connectivity index (χ0) is 20.5. The molecule has 1 fully saturated rings. The van der Waals surface area contributed by atoms with Crippen molar-refractivity contribution < 1.29 is 4.79 Å². The van der Waals surface area contributed by atoms with E-state index in [1.54, 1.807) is 28.5 Å². The Bertz CT molecular complexity index is 1170. The van der Waals surface area contributed by atoms with Crippen LogP contribution in [0.25, 0.3) is 15.9 Å². The standard InChI is InChI=1S/C22H25N3O3S/c1-15-8-6-7-11-17(15)25-21(27)20-18(12-13-29-20)24(22(25)28)14-19(26)23(2)16-9-4-3-5-10-16/h6-8,11-13,16H,3-5,9-10,14H2,1-2H3. The molecular formula is C22H25N3O3S. The molecular weight excluding hydrogens is 386 g/mol. The van der Waals surface area contributed by atoms with Crippen LogP contribution in [0.2, 0.25) is 0 Å². The van der Waals surface area contributed by atoms with Crippen LogP contribution in [0.1, 0.15) is 37.7 Å². The van der Waals surface area contributed by atoms with Crippen molar-refractivity contribution in [2.24, 2.45) is 0 Å². The highest BCUT2D eigenvalue weighted by Gasteiger charge is 2.24. The second-order valence-electron chi connectivity index (χ2n) is 7.73. The maximum absolute atomic E-state index is 13.3. The monoisotopic (exact) mass is 411 g/mol. The van der Waals surface area contributed by atoms with Gasteiger partial charge in [-0.15, -0.1) is 11.3 Å². The lowest BCUT2D eigenvalue weighted by atomic mass is 9.94. The summed E-state index contributed by atoms with van der Waals surface area (Å²) in [6.07, 6.45) is 5.50. The number of carbonyl (C=O) groups is 1. The van der Waals surface area contributed by atoms with E-state index >= 15 is 0 Å². The summed E-state index contributed by atoms with van der Waals surface area (Å²) in [5.74, 6) is -0.0958. The number of rotatable bonds is 4. The number of hydrogen-bond acceptors (Lipinski definition) is 4. The van der Waals surface area contributed by atoms with Crippen molar-refractivity contribution in [1.29, 1.82) is 0 Å². The predicted octanol–water partition coefficient (Wildman–Crippen LogP) is 3.31. The fourth-order valence-corrected chi connectivity index (χ4v) is 5.01. The first-order chi connectivity index (χ1) is 14.0. The van der Waals surface area contributed by atoms with Gasteiger partial charge in [-0.3, -0.25) is 14.2 Å². The normalized spacial score (nSPS) is 15.0. The van der Waals surface area contributed by atoms with Crippen molar-refractivity contribution in [3.63, 3.8) is 0 Å². The number of aryl methyl sites for hydroxylation is 1. The fraction of sp³-hybridized carbons (Fsp3) is 0.409. The Morgan fingerprint density at radius 1 is 1.14 bits per heavy atom. The minimum Gasteiger partial charge on any atom is -0.341 e. The minimum absolute atomic E-state index is 0.0643. The molecule has 0 saturated heterocycles. The molecule has 0 bridgehead atoms. The maximum Gasteiger partial charge on any atom is 0.336 e. The Morgan fingerprint density at radius 3 is 2.59 bits per heavy atom. The fourth-order valence-electron chi connectivity index (χ4n) is 4.19. The first kappa shape index (κ1) is 19.6. The van der Waals surface area contributed by atoms with E-state index < -0.39 is 5.69 Å². The third-order valence-electron chi connectivity index (χ3n) is 5.92. The van der Waals surface area contributed by atoms with E-state index in [4.69, 9.17) is 0 Å². The molecule has 0 spiro atoms. The lowest BCUT2D eigenvalue weighted by Crippen LogP contribution is -2.44. The van der Waals surface area contributed by atoms with Gasteiger partial charge in [0.1, 0.15) is 11.2 Å². The number of aromatic nitrogens is 2. The molecule has 29 heavy (non-hydrogen) atoms. The predicted molar refractivity (Wildman–Crippen MR) is 116 cm³/mol. The van der Waals surface area contributed by atoms with Crippen LogP contribution < -0.4 is 11.2 Å². The second kappa shape index (κ2) is 7.99. The highest BCUT2D eigenvalue weighted by atomic mass is 32.1. The largest absolute Gasteiger partial charge is 0.341 e. The average Bonchev–Trinajstić information content (AvgIpc) is 3.22. The number of nitrogens with zero attached hydrogens (tertiary/aromatic N) is 3. The topological polar surface area (TPSA) is 64.3 Å². The van der Waals surface area contributed by atoms with Crippen molar-refractivity contribution >= 4 is 27.5 Å². The number of thiophene rings is 1. The molecule has 2 aromatic heterocycles. The minimum atomic E-state index is -0.472. The maximum atomic E-state index is 13.3. The molecule has 0 aliphatic heterocycles. The number of likely N-dealkylation sites (N-methyl/N-ethyl adjacent to an activating group) is 1. The summed E-state index contributed by atoms with van der Waals surface area (Å²) in [4.78, 5) is 41.2. The summed E-state index contributed by atoms with van der Waals surface area (Å²) in [6.45, 7) is 1.80. The van der Waals surface area contributed by atoms with Crippen LogP contribution in [-0.2, 0) is 11.3 Å². The van der Waals surface area contributed by atoms with Gasteiger partial charge in [0, 0.05) is 13.1 Å². The third-order valence-corrected chi connectivity index (χ3v) is 6.81. The summed E-state index contributed by atoms with van der Waals surface area (Å²) in [7, 11) is 1.82. The van der Waals surface area contributed by atoms with Crippen LogP contribution in [0.4, 0.5) is 0 Å². The molecule has 3 aromatic rings. The SMILES string of the molecule is Cc1ccccc1-n1c(=O)c2sccc2n(CC(=O)N(C)C2CCCCC2)c1=O. The van der Waals surface area contributed by atoms with Crippen molar-refractivity contribution in [2.75, 3.05) is 7.05 Å². The van der Waals surface area contributed by atoms with E-state index in [0.29, 0.717) is 15.9 Å². The number of carbonyl (C=O) groups excluding carboxylic acids is 1. The highest BCUT2D eigenvalue weighted by Crippen LogP contribution is 2.22. The molecule has 1 aromatic carbocycles. The van der Waals surface area contributed by atoms with E-state index in [1.807, 2.05) is 26.1 Å². The van der Waals surface area contributed by atoms with Gasteiger partial charge in [-0.2, -0.15) is 0 Å². The van der Waals surface area contributed by atoms with E-state index in [2.05, 4.69) is 0 Å². The lowest BCUT2D eigenvalue weighted by molar-refractivity contribution is -0.133. The summed E-state index contributed by atoms with van der Waals surface area (Å²) in [6, 6.07) is 9.28. The summed E-state index contributed by atoms with van der Waals surface area (Å²) >= 11 is 1.30. The number of amides is 1. The summed E-state index contributed by atoms with van der Waals surface area (Å²) in [5, 5.41) is 1.79. The first-order valence-electron chi connectivity index (χ1n) is 10.0. The first-order valence-corrected chi connectivity index (χ1v) is 10.9. The van der Waals surface area contributed by atoms with Crippen LogP contribution in [0, 0.1) is 6.92 Å². The Morgan fingerprint density at radius 2 is 1.86 bits per heavy atom. The number of fused-ring (bicyclic) bond motifs is 1. The smallest absolute Gasteiger partial charge is 0.336 e. The van der Waals surface area contributed by atoms with Crippen molar-refractivity contribution in [2.45, 2.75) is 51.6 Å². The molecule has 0 atom stereocenters. The summed E-state index contributed by atoms with van der Waals surface area (Å²) in [5.41, 5.74) is 1.11. The molecule has 6 nitrogen and oxygen atoms in total. The molecule has 0 unspecified atom stereocenters. The second-order valence-corrected chi connectivity index (χ2v) is 8.64.